The Hall–Kier alpha value is -1.41. The van der Waals surface area contributed by atoms with Gasteiger partial charge in [0, 0.05) is 12.7 Å². The summed E-state index contributed by atoms with van der Waals surface area (Å²) in [6.45, 7) is 0.157. The summed E-state index contributed by atoms with van der Waals surface area (Å²) in [5.41, 5.74) is 0. The lowest BCUT2D eigenvalue weighted by molar-refractivity contribution is -0.142. The summed E-state index contributed by atoms with van der Waals surface area (Å²) < 4.78 is 26.1. The maximum absolute atomic E-state index is 11.8. The summed E-state index contributed by atoms with van der Waals surface area (Å²) in [6, 6.07) is 0. The SMILES string of the molecule is O=C(O)C1CCCC1CNS(=O)(=O)c1cn[nH]c1. The van der Waals surface area contributed by atoms with Crippen molar-refractivity contribution < 1.29 is 18.3 Å². The average molecular weight is 273 g/mol. The van der Waals surface area contributed by atoms with Crippen LogP contribution in [0.25, 0.3) is 0 Å². The van der Waals surface area contributed by atoms with Gasteiger partial charge in [-0.15, -0.1) is 0 Å². The lowest BCUT2D eigenvalue weighted by Gasteiger charge is -2.15. The molecule has 0 aromatic carbocycles. The van der Waals surface area contributed by atoms with Gasteiger partial charge in [-0.3, -0.25) is 9.89 Å². The van der Waals surface area contributed by atoms with E-state index in [9.17, 15) is 13.2 Å². The van der Waals surface area contributed by atoms with Gasteiger partial charge in [0.05, 0.1) is 12.1 Å². The van der Waals surface area contributed by atoms with E-state index in [1.165, 1.54) is 12.4 Å². The van der Waals surface area contributed by atoms with Crippen molar-refractivity contribution in [1.29, 1.82) is 0 Å². The molecular weight excluding hydrogens is 258 g/mol. The molecule has 18 heavy (non-hydrogen) atoms. The molecule has 100 valence electrons. The molecule has 1 aromatic rings. The Labute approximate surface area is 105 Å². The topological polar surface area (TPSA) is 112 Å². The van der Waals surface area contributed by atoms with Crippen LogP contribution in [0.1, 0.15) is 19.3 Å². The molecule has 7 nitrogen and oxygen atoms in total. The van der Waals surface area contributed by atoms with Gasteiger partial charge in [-0.2, -0.15) is 5.10 Å². The molecule has 0 saturated heterocycles. The van der Waals surface area contributed by atoms with Gasteiger partial charge in [-0.25, -0.2) is 13.1 Å². The average Bonchev–Trinajstić information content (AvgIpc) is 2.97. The van der Waals surface area contributed by atoms with E-state index in [1.807, 2.05) is 0 Å². The molecule has 1 aromatic heterocycles. The third-order valence-electron chi connectivity index (χ3n) is 3.30. The summed E-state index contributed by atoms with van der Waals surface area (Å²) in [4.78, 5) is 11.0. The van der Waals surface area contributed by atoms with E-state index in [-0.39, 0.29) is 17.4 Å². The fourth-order valence-corrected chi connectivity index (χ4v) is 3.29. The Morgan fingerprint density at radius 2 is 2.33 bits per heavy atom. The zero-order chi connectivity index (χ0) is 13.2. The minimum Gasteiger partial charge on any atom is -0.481 e. The van der Waals surface area contributed by atoms with Crippen LogP contribution < -0.4 is 4.72 Å². The summed E-state index contributed by atoms with van der Waals surface area (Å²) in [6.07, 6.45) is 4.69. The van der Waals surface area contributed by atoms with Crippen molar-refractivity contribution in [2.24, 2.45) is 11.8 Å². The number of carbonyl (C=O) groups is 1. The number of aromatic nitrogens is 2. The predicted molar refractivity (Wildman–Crippen MR) is 62.2 cm³/mol. The first-order valence-electron chi connectivity index (χ1n) is 5.72. The fourth-order valence-electron chi connectivity index (χ4n) is 2.29. The van der Waals surface area contributed by atoms with Crippen LogP contribution in [-0.4, -0.2) is 36.2 Å². The first-order chi connectivity index (χ1) is 8.50. The number of aliphatic carboxylic acids is 1. The highest BCUT2D eigenvalue weighted by molar-refractivity contribution is 7.89. The summed E-state index contributed by atoms with van der Waals surface area (Å²) in [5, 5.41) is 15.0. The highest BCUT2D eigenvalue weighted by atomic mass is 32.2. The number of hydrogen-bond donors (Lipinski definition) is 3. The molecule has 3 N–H and O–H groups in total. The number of aromatic amines is 1. The van der Waals surface area contributed by atoms with Crippen LogP contribution in [0.2, 0.25) is 0 Å². The third kappa shape index (κ3) is 2.70. The zero-order valence-corrected chi connectivity index (χ0v) is 10.5. The zero-order valence-electron chi connectivity index (χ0n) is 9.67. The van der Waals surface area contributed by atoms with E-state index in [2.05, 4.69) is 14.9 Å². The van der Waals surface area contributed by atoms with Crippen molar-refractivity contribution in [2.75, 3.05) is 6.54 Å². The van der Waals surface area contributed by atoms with Crippen molar-refractivity contribution in [3.8, 4) is 0 Å². The Morgan fingerprint density at radius 1 is 1.56 bits per heavy atom. The van der Waals surface area contributed by atoms with Crippen molar-refractivity contribution in [1.82, 2.24) is 14.9 Å². The molecule has 0 bridgehead atoms. The molecule has 1 saturated carbocycles. The van der Waals surface area contributed by atoms with Crippen LogP contribution in [0.5, 0.6) is 0 Å². The number of nitrogens with one attached hydrogen (secondary N) is 2. The predicted octanol–water partition coefficient (Wildman–Crippen LogP) is 0.189. The Balaban J connectivity index is 1.98. The standard InChI is InChI=1S/C10H15N3O4S/c14-10(15)9-3-1-2-7(9)4-13-18(16,17)8-5-11-12-6-8/h5-7,9,13H,1-4H2,(H,11,12)(H,14,15). The summed E-state index contributed by atoms with van der Waals surface area (Å²) in [5.74, 6) is -1.43. The molecule has 1 aliphatic carbocycles. The van der Waals surface area contributed by atoms with Crippen molar-refractivity contribution in [3.05, 3.63) is 12.4 Å². The van der Waals surface area contributed by atoms with Crippen LogP contribution in [0.4, 0.5) is 0 Å². The number of rotatable bonds is 5. The highest BCUT2D eigenvalue weighted by Gasteiger charge is 2.33. The van der Waals surface area contributed by atoms with E-state index < -0.39 is 21.9 Å². The molecule has 0 spiro atoms. The smallest absolute Gasteiger partial charge is 0.306 e. The number of carboxylic acids is 1. The van der Waals surface area contributed by atoms with Gasteiger partial charge in [-0.05, 0) is 18.8 Å². The highest BCUT2D eigenvalue weighted by Crippen LogP contribution is 2.31. The second-order valence-corrected chi connectivity index (χ2v) is 6.19. The molecule has 8 heteroatoms. The van der Waals surface area contributed by atoms with Crippen LogP contribution >= 0.6 is 0 Å². The number of carboxylic acid groups (broad SMARTS) is 1. The van der Waals surface area contributed by atoms with Gasteiger partial charge in [0.15, 0.2) is 0 Å². The molecule has 1 heterocycles. The number of nitrogens with zero attached hydrogens (tertiary/aromatic N) is 1. The molecule has 1 aliphatic rings. The largest absolute Gasteiger partial charge is 0.481 e. The number of hydrogen-bond acceptors (Lipinski definition) is 4. The van der Waals surface area contributed by atoms with Crippen LogP contribution in [0, 0.1) is 11.8 Å². The van der Waals surface area contributed by atoms with Crippen molar-refractivity contribution in [3.63, 3.8) is 0 Å². The van der Waals surface area contributed by atoms with Gasteiger partial charge in [0.1, 0.15) is 4.90 Å². The molecule has 0 aliphatic heterocycles. The molecule has 0 amide bonds. The molecule has 2 rings (SSSR count). The van der Waals surface area contributed by atoms with Gasteiger partial charge in [-0.1, -0.05) is 6.42 Å². The number of H-pyrrole nitrogens is 1. The second kappa shape index (κ2) is 5.07. The quantitative estimate of drug-likeness (QED) is 0.709. The molecule has 2 atom stereocenters. The van der Waals surface area contributed by atoms with Gasteiger partial charge in [0.2, 0.25) is 10.0 Å². The maximum atomic E-state index is 11.8. The van der Waals surface area contributed by atoms with E-state index in [1.54, 1.807) is 0 Å². The van der Waals surface area contributed by atoms with E-state index >= 15 is 0 Å². The summed E-state index contributed by atoms with van der Waals surface area (Å²) >= 11 is 0. The van der Waals surface area contributed by atoms with Crippen LogP contribution in [0.15, 0.2) is 17.3 Å². The molecule has 0 radical (unpaired) electrons. The second-order valence-electron chi connectivity index (χ2n) is 4.42. The van der Waals surface area contributed by atoms with Crippen molar-refractivity contribution in [2.45, 2.75) is 24.2 Å². The Bertz CT molecular complexity index is 511. The van der Waals surface area contributed by atoms with Gasteiger partial charge in [0.25, 0.3) is 0 Å². The lowest BCUT2D eigenvalue weighted by atomic mass is 9.97. The first-order valence-corrected chi connectivity index (χ1v) is 7.20. The van der Waals surface area contributed by atoms with Crippen LogP contribution in [0.3, 0.4) is 0 Å². The van der Waals surface area contributed by atoms with E-state index in [4.69, 9.17) is 5.11 Å². The van der Waals surface area contributed by atoms with Gasteiger partial charge < -0.3 is 5.11 Å². The number of sulfonamides is 1. The first kappa shape index (κ1) is 13.0. The minimum absolute atomic E-state index is 0.0624. The third-order valence-corrected chi connectivity index (χ3v) is 4.69. The van der Waals surface area contributed by atoms with Gasteiger partial charge >= 0.3 is 5.97 Å². The molecule has 2 unspecified atom stereocenters. The van der Waals surface area contributed by atoms with Crippen LogP contribution in [-0.2, 0) is 14.8 Å². The maximum Gasteiger partial charge on any atom is 0.306 e. The fraction of sp³-hybridized carbons (Fsp3) is 0.600. The van der Waals surface area contributed by atoms with Crippen molar-refractivity contribution >= 4 is 16.0 Å². The molecule has 1 fully saturated rings. The van der Waals surface area contributed by atoms with E-state index in [0.29, 0.717) is 6.42 Å². The monoisotopic (exact) mass is 273 g/mol. The van der Waals surface area contributed by atoms with E-state index in [0.717, 1.165) is 12.8 Å². The Kier molecular flexibility index (Phi) is 3.67. The Morgan fingerprint density at radius 3 is 2.94 bits per heavy atom. The normalized spacial score (nSPS) is 24.2. The summed E-state index contributed by atoms with van der Waals surface area (Å²) in [7, 11) is -3.59. The lowest BCUT2D eigenvalue weighted by Crippen LogP contribution is -2.32. The minimum atomic E-state index is -3.59. The molecular formula is C10H15N3O4S.